The molecule has 0 spiro atoms. The second-order valence-corrected chi connectivity index (χ2v) is 5.60. The molecule has 1 aliphatic rings. The highest BCUT2D eigenvalue weighted by Gasteiger charge is 2.23. The third-order valence-electron chi connectivity index (χ3n) is 3.68. The van der Waals surface area contributed by atoms with E-state index in [1.54, 1.807) is 12.1 Å². The Hall–Kier alpha value is -2.69. The summed E-state index contributed by atoms with van der Waals surface area (Å²) in [6.45, 7) is 2.53. The molecule has 0 unspecified atom stereocenters. The van der Waals surface area contributed by atoms with Crippen molar-refractivity contribution in [3.63, 3.8) is 0 Å². The van der Waals surface area contributed by atoms with E-state index in [0.717, 1.165) is 30.0 Å². The molecule has 120 valence electrons. The first-order valence-electron chi connectivity index (χ1n) is 7.86. The summed E-state index contributed by atoms with van der Waals surface area (Å²) in [7, 11) is 0. The molecule has 5 heteroatoms. The van der Waals surface area contributed by atoms with Crippen molar-refractivity contribution in [3.8, 4) is 5.75 Å². The maximum absolute atomic E-state index is 12.0. The summed E-state index contributed by atoms with van der Waals surface area (Å²) in [6.07, 6.45) is 2.13. The molecule has 4 N–H and O–H groups in total. The van der Waals surface area contributed by atoms with E-state index in [-0.39, 0.29) is 5.91 Å². The van der Waals surface area contributed by atoms with Gasteiger partial charge in [-0.15, -0.1) is 0 Å². The van der Waals surface area contributed by atoms with E-state index in [4.69, 9.17) is 10.5 Å². The standard InChI is InChI=1S/C18H21N3O2/c1-2-23-17-6-4-3-5-16(17)21-15-10-7-12(11-14(15)19)18(22)20-13-8-9-13/h3-7,10-11,13,21H,2,8-9,19H2,1H3,(H,20,22). The van der Waals surface area contributed by atoms with Crippen LogP contribution < -0.4 is 21.1 Å². The number of hydrogen-bond acceptors (Lipinski definition) is 4. The SMILES string of the molecule is CCOc1ccccc1Nc1ccc(C(=O)NC2CC2)cc1N. The predicted octanol–water partition coefficient (Wildman–Crippen LogP) is 3.30. The average molecular weight is 311 g/mol. The number of amides is 1. The van der Waals surface area contributed by atoms with E-state index in [1.807, 2.05) is 37.3 Å². The molecule has 0 aromatic heterocycles. The first-order chi connectivity index (χ1) is 11.2. The highest BCUT2D eigenvalue weighted by atomic mass is 16.5. The van der Waals surface area contributed by atoms with Crippen LogP contribution in [0.1, 0.15) is 30.1 Å². The maximum atomic E-state index is 12.0. The van der Waals surface area contributed by atoms with Gasteiger partial charge in [-0.1, -0.05) is 12.1 Å². The highest BCUT2D eigenvalue weighted by molar-refractivity contribution is 5.96. The van der Waals surface area contributed by atoms with Crippen molar-refractivity contribution >= 4 is 23.0 Å². The first-order valence-corrected chi connectivity index (χ1v) is 7.86. The van der Waals surface area contributed by atoms with E-state index in [1.165, 1.54) is 0 Å². The topological polar surface area (TPSA) is 76.4 Å². The van der Waals surface area contributed by atoms with Crippen LogP contribution in [-0.4, -0.2) is 18.6 Å². The lowest BCUT2D eigenvalue weighted by Gasteiger charge is -2.14. The summed E-state index contributed by atoms with van der Waals surface area (Å²) in [5.41, 5.74) is 8.80. The molecule has 1 aliphatic carbocycles. The summed E-state index contributed by atoms with van der Waals surface area (Å²) in [6, 6.07) is 13.3. The molecule has 1 amide bonds. The maximum Gasteiger partial charge on any atom is 0.251 e. The van der Waals surface area contributed by atoms with Gasteiger partial charge in [0.2, 0.25) is 0 Å². The van der Waals surface area contributed by atoms with Gasteiger partial charge >= 0.3 is 0 Å². The predicted molar refractivity (Wildman–Crippen MR) is 92.2 cm³/mol. The smallest absolute Gasteiger partial charge is 0.251 e. The number of anilines is 3. The van der Waals surface area contributed by atoms with E-state index < -0.39 is 0 Å². The Labute approximate surface area is 135 Å². The number of para-hydroxylation sites is 2. The van der Waals surface area contributed by atoms with Crippen LogP contribution >= 0.6 is 0 Å². The summed E-state index contributed by atoms with van der Waals surface area (Å²) < 4.78 is 5.59. The number of rotatable bonds is 6. The second kappa shape index (κ2) is 6.60. The fourth-order valence-corrected chi connectivity index (χ4v) is 2.31. The van der Waals surface area contributed by atoms with Gasteiger partial charge in [-0.05, 0) is 50.1 Å². The molecule has 0 heterocycles. The van der Waals surface area contributed by atoms with Crippen molar-refractivity contribution in [2.45, 2.75) is 25.8 Å². The van der Waals surface area contributed by atoms with Gasteiger partial charge in [-0.2, -0.15) is 0 Å². The van der Waals surface area contributed by atoms with E-state index >= 15 is 0 Å². The fourth-order valence-electron chi connectivity index (χ4n) is 2.31. The monoisotopic (exact) mass is 311 g/mol. The van der Waals surface area contributed by atoms with Crippen LogP contribution in [0.25, 0.3) is 0 Å². The van der Waals surface area contributed by atoms with Crippen LogP contribution in [0.4, 0.5) is 17.1 Å². The molecule has 0 saturated heterocycles. The molecule has 1 saturated carbocycles. The average Bonchev–Trinajstić information content (AvgIpc) is 3.35. The molecular formula is C18H21N3O2. The number of nitrogens with one attached hydrogen (secondary N) is 2. The molecule has 0 bridgehead atoms. The molecule has 1 fully saturated rings. The van der Waals surface area contributed by atoms with Crippen LogP contribution in [0.3, 0.4) is 0 Å². The van der Waals surface area contributed by atoms with Crippen molar-refractivity contribution in [2.24, 2.45) is 0 Å². The second-order valence-electron chi connectivity index (χ2n) is 5.60. The van der Waals surface area contributed by atoms with Gasteiger partial charge in [0.05, 0.1) is 23.7 Å². The lowest BCUT2D eigenvalue weighted by molar-refractivity contribution is 0.0951. The highest BCUT2D eigenvalue weighted by Crippen LogP contribution is 2.30. The Balaban J connectivity index is 1.77. The van der Waals surface area contributed by atoms with Crippen LogP contribution in [0.15, 0.2) is 42.5 Å². The minimum absolute atomic E-state index is 0.0690. The largest absolute Gasteiger partial charge is 0.492 e. The van der Waals surface area contributed by atoms with Crippen LogP contribution in [0, 0.1) is 0 Å². The molecule has 0 radical (unpaired) electrons. The van der Waals surface area contributed by atoms with Gasteiger partial charge in [0.25, 0.3) is 5.91 Å². The normalized spacial score (nSPS) is 13.4. The number of benzene rings is 2. The lowest BCUT2D eigenvalue weighted by atomic mass is 10.1. The summed E-state index contributed by atoms with van der Waals surface area (Å²) >= 11 is 0. The Morgan fingerprint density at radius 2 is 2.00 bits per heavy atom. The molecule has 2 aromatic carbocycles. The van der Waals surface area contributed by atoms with E-state index in [9.17, 15) is 4.79 Å². The Bertz CT molecular complexity index is 711. The van der Waals surface area contributed by atoms with Crippen LogP contribution in [0.2, 0.25) is 0 Å². The van der Waals surface area contributed by atoms with Gasteiger partial charge in [0.1, 0.15) is 5.75 Å². The van der Waals surface area contributed by atoms with Gasteiger partial charge in [-0.25, -0.2) is 0 Å². The van der Waals surface area contributed by atoms with Crippen molar-refractivity contribution < 1.29 is 9.53 Å². The molecule has 23 heavy (non-hydrogen) atoms. The fraction of sp³-hybridized carbons (Fsp3) is 0.278. The summed E-state index contributed by atoms with van der Waals surface area (Å²) in [5, 5.41) is 6.22. The molecule has 0 atom stereocenters. The molecule has 5 nitrogen and oxygen atoms in total. The first kappa shape index (κ1) is 15.2. The number of hydrogen-bond donors (Lipinski definition) is 3. The third-order valence-corrected chi connectivity index (χ3v) is 3.68. The molecular weight excluding hydrogens is 290 g/mol. The lowest BCUT2D eigenvalue weighted by Crippen LogP contribution is -2.25. The Morgan fingerprint density at radius 1 is 1.22 bits per heavy atom. The van der Waals surface area contributed by atoms with E-state index in [2.05, 4.69) is 10.6 Å². The third kappa shape index (κ3) is 3.74. The van der Waals surface area contributed by atoms with Crippen LogP contribution in [-0.2, 0) is 0 Å². The number of nitrogens with two attached hydrogens (primary N) is 1. The van der Waals surface area contributed by atoms with Gasteiger partial charge in [0, 0.05) is 11.6 Å². The zero-order valence-corrected chi connectivity index (χ0v) is 13.1. The molecule has 2 aromatic rings. The van der Waals surface area contributed by atoms with Gasteiger partial charge < -0.3 is 21.1 Å². The minimum Gasteiger partial charge on any atom is -0.492 e. The van der Waals surface area contributed by atoms with Gasteiger partial charge in [0.15, 0.2) is 0 Å². The quantitative estimate of drug-likeness (QED) is 0.715. The minimum atomic E-state index is -0.0690. The Morgan fingerprint density at radius 3 is 2.70 bits per heavy atom. The zero-order valence-electron chi connectivity index (χ0n) is 13.1. The number of nitrogen functional groups attached to an aromatic ring is 1. The van der Waals surface area contributed by atoms with Crippen molar-refractivity contribution in [1.29, 1.82) is 0 Å². The zero-order chi connectivity index (χ0) is 16.2. The summed E-state index contributed by atoms with van der Waals surface area (Å²) in [5.74, 6) is 0.699. The van der Waals surface area contributed by atoms with Crippen molar-refractivity contribution in [2.75, 3.05) is 17.7 Å². The van der Waals surface area contributed by atoms with Crippen LogP contribution in [0.5, 0.6) is 5.75 Å². The van der Waals surface area contributed by atoms with Gasteiger partial charge in [-0.3, -0.25) is 4.79 Å². The molecule has 0 aliphatic heterocycles. The van der Waals surface area contributed by atoms with Crippen molar-refractivity contribution in [1.82, 2.24) is 5.32 Å². The molecule has 3 rings (SSSR count). The Kier molecular flexibility index (Phi) is 4.37. The number of ether oxygens (including phenoxy) is 1. The number of carbonyl (C=O) groups excluding carboxylic acids is 1. The van der Waals surface area contributed by atoms with Crippen molar-refractivity contribution in [3.05, 3.63) is 48.0 Å². The number of carbonyl (C=O) groups is 1. The van der Waals surface area contributed by atoms with E-state index in [0.29, 0.717) is 23.9 Å². The summed E-state index contributed by atoms with van der Waals surface area (Å²) in [4.78, 5) is 12.0.